The highest BCUT2D eigenvalue weighted by atomic mass is 35.5. The van der Waals surface area contributed by atoms with Gasteiger partial charge in [0, 0.05) is 30.6 Å². The van der Waals surface area contributed by atoms with Gasteiger partial charge in [0.15, 0.2) is 0 Å². The number of fused-ring (bicyclic) bond motifs is 4. The van der Waals surface area contributed by atoms with E-state index < -0.39 is 23.7 Å². The van der Waals surface area contributed by atoms with Gasteiger partial charge in [-0.25, -0.2) is 14.6 Å². The van der Waals surface area contributed by atoms with E-state index in [4.69, 9.17) is 21.1 Å². The summed E-state index contributed by atoms with van der Waals surface area (Å²) in [4.78, 5) is 58.2. The Morgan fingerprint density at radius 1 is 1.00 bits per heavy atom. The number of allylic oxidation sites excluding steroid dienone is 2. The van der Waals surface area contributed by atoms with E-state index in [0.717, 1.165) is 5.56 Å². The molecule has 0 saturated carbocycles. The molecule has 4 amide bonds. The summed E-state index contributed by atoms with van der Waals surface area (Å²) in [5.74, 6) is -0.111. The molecule has 2 aromatic carbocycles. The molecule has 0 unspecified atom stereocenters. The highest BCUT2D eigenvalue weighted by Crippen LogP contribution is 2.41. The van der Waals surface area contributed by atoms with Crippen molar-refractivity contribution in [2.75, 3.05) is 23.1 Å². The number of aromatic amines is 1. The third kappa shape index (κ3) is 8.83. The van der Waals surface area contributed by atoms with E-state index in [1.165, 1.54) is 13.2 Å². The van der Waals surface area contributed by atoms with Crippen molar-refractivity contribution in [3.63, 3.8) is 0 Å². The summed E-state index contributed by atoms with van der Waals surface area (Å²) in [6, 6.07) is 9.72. The Balaban J connectivity index is 1.67. The molecule has 0 radical (unpaired) electrons. The van der Waals surface area contributed by atoms with Crippen LogP contribution in [0.4, 0.5) is 26.7 Å². The topological polar surface area (TPSA) is 164 Å². The van der Waals surface area contributed by atoms with Crippen molar-refractivity contribution < 1.29 is 28.7 Å². The predicted molar refractivity (Wildman–Crippen MR) is 168 cm³/mol. The number of aryl methyl sites for hydroxylation is 1. The number of H-pyrrole nitrogens is 1. The number of alkyl carbamates (subject to hydrolysis) is 1. The first-order valence-corrected chi connectivity index (χ1v) is 14.4. The van der Waals surface area contributed by atoms with E-state index in [2.05, 4.69) is 31.2 Å². The predicted octanol–water partition coefficient (Wildman–Crippen LogP) is 6.41. The molecule has 0 spiro atoms. The van der Waals surface area contributed by atoms with Crippen LogP contribution in [0.1, 0.15) is 61.8 Å². The van der Waals surface area contributed by atoms with Gasteiger partial charge in [-0.1, -0.05) is 35.9 Å². The molecule has 0 atom stereocenters. The zero-order chi connectivity index (χ0) is 31.9. The molecular formula is C31H35ClN6O6. The molecule has 0 fully saturated rings. The molecule has 44 heavy (non-hydrogen) atoms. The van der Waals surface area contributed by atoms with Gasteiger partial charge in [0.1, 0.15) is 22.3 Å². The Morgan fingerprint density at radius 2 is 1.70 bits per heavy atom. The largest absolute Gasteiger partial charge is 0.453 e. The van der Waals surface area contributed by atoms with Gasteiger partial charge in [0.25, 0.3) is 5.91 Å². The summed E-state index contributed by atoms with van der Waals surface area (Å²) < 4.78 is 10.00. The summed E-state index contributed by atoms with van der Waals surface area (Å²) in [5.41, 5.74) is 1.92. The molecule has 0 aliphatic carbocycles. The number of benzene rings is 2. The quantitative estimate of drug-likeness (QED) is 0.205. The monoisotopic (exact) mass is 622 g/mol. The lowest BCUT2D eigenvalue weighted by Crippen LogP contribution is -2.32. The Morgan fingerprint density at radius 3 is 2.39 bits per heavy atom. The molecule has 2 heterocycles. The van der Waals surface area contributed by atoms with Crippen LogP contribution in [0.5, 0.6) is 0 Å². The van der Waals surface area contributed by atoms with Crippen molar-refractivity contribution in [2.24, 2.45) is 0 Å². The SMILES string of the molecule is COC(=O)Nc1cc2c(c(NC(=O)c3ccc(CNC(=O)OC(C)(C)C)cc3)c1)-c1nc([nH]c1Cl)CCC=CCCC(=O)N2. The molecule has 1 aliphatic heterocycles. The van der Waals surface area contributed by atoms with Crippen molar-refractivity contribution >= 4 is 52.7 Å². The Bertz CT molecular complexity index is 1580. The second-order valence-electron chi connectivity index (χ2n) is 11.0. The number of nitrogens with zero attached hydrogens (tertiary/aromatic N) is 1. The molecule has 5 N–H and O–H groups in total. The molecule has 3 aromatic rings. The highest BCUT2D eigenvalue weighted by Gasteiger charge is 2.23. The lowest BCUT2D eigenvalue weighted by Gasteiger charge is -2.19. The Hall–Kier alpha value is -4.84. The summed E-state index contributed by atoms with van der Waals surface area (Å²) in [5, 5.41) is 11.3. The van der Waals surface area contributed by atoms with Gasteiger partial charge >= 0.3 is 12.2 Å². The molecule has 1 aromatic heterocycles. The van der Waals surface area contributed by atoms with Crippen LogP contribution in [0.25, 0.3) is 11.3 Å². The van der Waals surface area contributed by atoms with Crippen molar-refractivity contribution in [1.29, 1.82) is 0 Å². The first-order valence-electron chi connectivity index (χ1n) is 14.0. The van der Waals surface area contributed by atoms with E-state index >= 15 is 0 Å². The number of imidazole rings is 1. The normalized spacial score (nSPS) is 13.2. The van der Waals surface area contributed by atoms with Gasteiger partial charge in [-0.2, -0.15) is 0 Å². The first kappa shape index (κ1) is 32.1. The number of hydrogen-bond acceptors (Lipinski definition) is 7. The van der Waals surface area contributed by atoms with Crippen LogP contribution in [-0.4, -0.2) is 46.7 Å². The molecule has 12 nitrogen and oxygen atoms in total. The molecule has 2 bridgehead atoms. The number of rotatable bonds is 5. The number of carbonyl (C=O) groups is 4. The van der Waals surface area contributed by atoms with Crippen molar-refractivity contribution in [1.82, 2.24) is 15.3 Å². The third-order valence-corrected chi connectivity index (χ3v) is 6.62. The minimum atomic E-state index is -0.737. The van der Waals surface area contributed by atoms with E-state index in [9.17, 15) is 19.2 Å². The van der Waals surface area contributed by atoms with Crippen LogP contribution in [0, 0.1) is 0 Å². The van der Waals surface area contributed by atoms with Crippen molar-refractivity contribution in [2.45, 2.75) is 58.6 Å². The van der Waals surface area contributed by atoms with Gasteiger partial charge in [-0.05, 0) is 63.4 Å². The molecule has 13 heteroatoms. The summed E-state index contributed by atoms with van der Waals surface area (Å²) in [6.07, 6.45) is 4.68. The lowest BCUT2D eigenvalue weighted by molar-refractivity contribution is -0.116. The fourth-order valence-corrected chi connectivity index (χ4v) is 4.60. The highest BCUT2D eigenvalue weighted by molar-refractivity contribution is 6.32. The zero-order valence-corrected chi connectivity index (χ0v) is 25.7. The Labute approximate surface area is 259 Å². The van der Waals surface area contributed by atoms with Gasteiger partial charge < -0.3 is 30.4 Å². The minimum Gasteiger partial charge on any atom is -0.453 e. The van der Waals surface area contributed by atoms with Gasteiger partial charge in [0.2, 0.25) is 5.91 Å². The number of ether oxygens (including phenoxy) is 2. The van der Waals surface area contributed by atoms with E-state index in [-0.39, 0.29) is 41.1 Å². The molecule has 1 aliphatic rings. The molecular weight excluding hydrogens is 588 g/mol. The number of aromatic nitrogens is 2. The smallest absolute Gasteiger partial charge is 0.411 e. The number of anilines is 3. The fourth-order valence-electron chi connectivity index (χ4n) is 4.36. The number of carbonyl (C=O) groups excluding carboxylic acids is 4. The number of nitrogens with one attached hydrogen (secondary N) is 5. The van der Waals surface area contributed by atoms with E-state index in [1.807, 2.05) is 12.2 Å². The molecule has 4 rings (SSSR count). The van der Waals surface area contributed by atoms with Crippen LogP contribution in [0.15, 0.2) is 48.6 Å². The average Bonchev–Trinajstić information content (AvgIpc) is 3.32. The second-order valence-corrected chi connectivity index (χ2v) is 11.4. The summed E-state index contributed by atoms with van der Waals surface area (Å²) >= 11 is 6.60. The Kier molecular flexibility index (Phi) is 10.3. The average molecular weight is 623 g/mol. The van der Waals surface area contributed by atoms with Crippen LogP contribution in [-0.2, 0) is 27.2 Å². The number of methoxy groups -OCH3 is 1. The molecule has 232 valence electrons. The zero-order valence-electron chi connectivity index (χ0n) is 24.9. The third-order valence-electron chi connectivity index (χ3n) is 6.34. The number of amides is 4. The first-order chi connectivity index (χ1) is 20.9. The van der Waals surface area contributed by atoms with Crippen LogP contribution in [0.3, 0.4) is 0 Å². The van der Waals surface area contributed by atoms with Gasteiger partial charge in [-0.15, -0.1) is 0 Å². The maximum Gasteiger partial charge on any atom is 0.411 e. The maximum absolute atomic E-state index is 13.5. The van der Waals surface area contributed by atoms with Crippen molar-refractivity contribution in [3.8, 4) is 11.3 Å². The van der Waals surface area contributed by atoms with Crippen LogP contribution >= 0.6 is 11.6 Å². The lowest BCUT2D eigenvalue weighted by atomic mass is 10.0. The standard InChI is InChI=1S/C31H35ClN6O6/c1-31(2,3)44-29(41)33-17-18-11-13-19(14-12-18)28(40)36-22-16-20(34-30(42)43-4)15-21-25(22)26-27(32)38-23(37-26)9-7-5-6-8-10-24(39)35-21/h5-6,11-16H,7-10,17H2,1-4H3,(H,33,41)(H,34,42)(H,35,39)(H,36,40)(H,37,38). The van der Waals surface area contributed by atoms with Crippen LogP contribution < -0.4 is 21.3 Å². The number of halogens is 1. The molecule has 0 saturated heterocycles. The van der Waals surface area contributed by atoms with E-state index in [0.29, 0.717) is 41.9 Å². The fraction of sp³-hybridized carbons (Fsp3) is 0.323. The second kappa shape index (κ2) is 14.1. The number of hydrogen-bond donors (Lipinski definition) is 5. The van der Waals surface area contributed by atoms with Gasteiger partial charge in [0.05, 0.1) is 24.0 Å². The summed E-state index contributed by atoms with van der Waals surface area (Å²) in [6.45, 7) is 5.54. The van der Waals surface area contributed by atoms with Gasteiger partial charge in [-0.3, -0.25) is 14.9 Å². The summed E-state index contributed by atoms with van der Waals surface area (Å²) in [7, 11) is 1.22. The minimum absolute atomic E-state index is 0.209. The van der Waals surface area contributed by atoms with Crippen molar-refractivity contribution in [3.05, 3.63) is 70.7 Å². The van der Waals surface area contributed by atoms with E-state index in [1.54, 1.807) is 51.1 Å². The van der Waals surface area contributed by atoms with Crippen LogP contribution in [0.2, 0.25) is 5.15 Å². The maximum atomic E-state index is 13.5.